The number of hydrogen-bond donors (Lipinski definition) is 2. The van der Waals surface area contributed by atoms with Gasteiger partial charge in [-0.25, -0.2) is 0 Å². The number of ether oxygens (including phenoxy) is 1. The normalized spacial score (nSPS) is 13.7. The molecule has 0 fully saturated rings. The van der Waals surface area contributed by atoms with E-state index in [4.69, 9.17) is 10.5 Å². The maximum atomic E-state index is 5.32. The number of nitrogens with two attached hydrogens (primary N) is 1. The Kier molecular flexibility index (Phi) is 5.93. The Hall–Kier alpha value is -0.120. The first-order valence-corrected chi connectivity index (χ1v) is 3.34. The van der Waals surface area contributed by atoms with Gasteiger partial charge >= 0.3 is 0 Å². The van der Waals surface area contributed by atoms with Crippen LogP contribution in [0.5, 0.6) is 0 Å². The lowest BCUT2D eigenvalue weighted by Crippen LogP contribution is -2.30. The molecule has 0 rings (SSSR count). The van der Waals surface area contributed by atoms with E-state index in [-0.39, 0.29) is 6.23 Å². The second kappa shape index (κ2) is 6.01. The van der Waals surface area contributed by atoms with Gasteiger partial charge in [0.1, 0.15) is 6.23 Å². The second-order valence-electron chi connectivity index (χ2n) is 1.81. The van der Waals surface area contributed by atoms with E-state index in [2.05, 4.69) is 5.32 Å². The summed E-state index contributed by atoms with van der Waals surface area (Å²) in [5.41, 5.74) is 5.32. The van der Waals surface area contributed by atoms with E-state index in [0.29, 0.717) is 6.54 Å². The van der Waals surface area contributed by atoms with Crippen molar-refractivity contribution in [3.63, 3.8) is 0 Å². The third kappa shape index (κ3) is 4.39. The molecule has 3 N–H and O–H groups in total. The fraction of sp³-hybridized carbons (Fsp3) is 1.00. The molecule has 56 valence electrons. The molecule has 0 saturated carbocycles. The number of hydrogen-bond acceptors (Lipinski definition) is 3. The van der Waals surface area contributed by atoms with Crippen molar-refractivity contribution >= 4 is 0 Å². The maximum absolute atomic E-state index is 5.32. The largest absolute Gasteiger partial charge is 0.364 e. The SMILES string of the molecule is CCOC(CCN)NC. The predicted molar refractivity (Wildman–Crippen MR) is 38.1 cm³/mol. The van der Waals surface area contributed by atoms with Crippen LogP contribution in [-0.2, 0) is 4.74 Å². The first kappa shape index (κ1) is 8.88. The Morgan fingerprint density at radius 3 is 2.67 bits per heavy atom. The highest BCUT2D eigenvalue weighted by Crippen LogP contribution is 1.89. The highest BCUT2D eigenvalue weighted by molar-refractivity contribution is 4.50. The molecular formula is C6H16N2O. The van der Waals surface area contributed by atoms with Crippen molar-refractivity contribution in [2.45, 2.75) is 19.6 Å². The molecule has 0 aliphatic carbocycles. The van der Waals surface area contributed by atoms with Gasteiger partial charge in [0.05, 0.1) is 0 Å². The Labute approximate surface area is 56.6 Å². The van der Waals surface area contributed by atoms with Gasteiger partial charge in [0, 0.05) is 6.61 Å². The lowest BCUT2D eigenvalue weighted by atomic mass is 10.4. The van der Waals surface area contributed by atoms with Crippen LogP contribution in [0.4, 0.5) is 0 Å². The van der Waals surface area contributed by atoms with Gasteiger partial charge in [-0.15, -0.1) is 0 Å². The molecule has 0 aromatic heterocycles. The summed E-state index contributed by atoms with van der Waals surface area (Å²) < 4.78 is 5.24. The molecule has 3 nitrogen and oxygen atoms in total. The highest BCUT2D eigenvalue weighted by Gasteiger charge is 2.00. The average Bonchev–Trinajstić information content (AvgIpc) is 1.88. The summed E-state index contributed by atoms with van der Waals surface area (Å²) in [5, 5.41) is 3.00. The zero-order valence-corrected chi connectivity index (χ0v) is 6.18. The fourth-order valence-corrected chi connectivity index (χ4v) is 0.664. The van der Waals surface area contributed by atoms with Crippen molar-refractivity contribution in [3.05, 3.63) is 0 Å². The number of nitrogens with one attached hydrogen (secondary N) is 1. The topological polar surface area (TPSA) is 47.3 Å². The molecule has 0 saturated heterocycles. The molecule has 0 amide bonds. The van der Waals surface area contributed by atoms with Gasteiger partial charge in [0.15, 0.2) is 0 Å². The summed E-state index contributed by atoms with van der Waals surface area (Å²) in [6.45, 7) is 3.39. The molecule has 0 spiro atoms. The monoisotopic (exact) mass is 132 g/mol. The van der Waals surface area contributed by atoms with E-state index < -0.39 is 0 Å². The molecule has 0 aliphatic heterocycles. The molecule has 0 aromatic rings. The van der Waals surface area contributed by atoms with Gasteiger partial charge in [-0.05, 0) is 26.9 Å². The van der Waals surface area contributed by atoms with Crippen molar-refractivity contribution < 1.29 is 4.74 Å². The summed E-state index contributed by atoms with van der Waals surface area (Å²) >= 11 is 0. The van der Waals surface area contributed by atoms with E-state index in [1.807, 2.05) is 14.0 Å². The molecule has 0 bridgehead atoms. The third-order valence-corrected chi connectivity index (χ3v) is 1.12. The van der Waals surface area contributed by atoms with Gasteiger partial charge < -0.3 is 10.5 Å². The lowest BCUT2D eigenvalue weighted by molar-refractivity contribution is 0.0398. The van der Waals surface area contributed by atoms with E-state index >= 15 is 0 Å². The van der Waals surface area contributed by atoms with Gasteiger partial charge in [-0.2, -0.15) is 0 Å². The summed E-state index contributed by atoms with van der Waals surface area (Å²) in [4.78, 5) is 0. The summed E-state index contributed by atoms with van der Waals surface area (Å²) in [6.07, 6.45) is 1.02. The standard InChI is InChI=1S/C6H16N2O/c1-3-9-6(8-2)4-5-7/h6,8H,3-5,7H2,1-2H3. The Morgan fingerprint density at radius 2 is 2.33 bits per heavy atom. The molecule has 1 atom stereocenters. The first-order chi connectivity index (χ1) is 4.35. The lowest BCUT2D eigenvalue weighted by Gasteiger charge is -2.13. The summed E-state index contributed by atoms with van der Waals surface area (Å²) in [5.74, 6) is 0. The molecule has 0 radical (unpaired) electrons. The van der Waals surface area contributed by atoms with Gasteiger partial charge in [0.25, 0.3) is 0 Å². The summed E-state index contributed by atoms with van der Waals surface area (Å²) in [6, 6.07) is 0. The smallest absolute Gasteiger partial charge is 0.109 e. The quantitative estimate of drug-likeness (QED) is 0.514. The van der Waals surface area contributed by atoms with Gasteiger partial charge in [-0.1, -0.05) is 0 Å². The van der Waals surface area contributed by atoms with Crippen LogP contribution in [0, 0.1) is 0 Å². The van der Waals surface area contributed by atoms with Gasteiger partial charge in [0.2, 0.25) is 0 Å². The van der Waals surface area contributed by atoms with E-state index in [0.717, 1.165) is 13.0 Å². The van der Waals surface area contributed by atoms with Crippen molar-refractivity contribution in [2.75, 3.05) is 20.2 Å². The molecule has 0 aromatic carbocycles. The third-order valence-electron chi connectivity index (χ3n) is 1.12. The van der Waals surface area contributed by atoms with Crippen molar-refractivity contribution in [2.24, 2.45) is 5.73 Å². The van der Waals surface area contributed by atoms with Crippen LogP contribution in [0.1, 0.15) is 13.3 Å². The zero-order chi connectivity index (χ0) is 7.11. The van der Waals surface area contributed by atoms with E-state index in [1.165, 1.54) is 0 Å². The van der Waals surface area contributed by atoms with Crippen LogP contribution in [0.2, 0.25) is 0 Å². The van der Waals surface area contributed by atoms with Crippen molar-refractivity contribution in [3.8, 4) is 0 Å². The minimum Gasteiger partial charge on any atom is -0.364 e. The minimum absolute atomic E-state index is 0.139. The highest BCUT2D eigenvalue weighted by atomic mass is 16.5. The molecular weight excluding hydrogens is 116 g/mol. The van der Waals surface area contributed by atoms with Crippen molar-refractivity contribution in [1.29, 1.82) is 0 Å². The first-order valence-electron chi connectivity index (χ1n) is 3.34. The zero-order valence-electron chi connectivity index (χ0n) is 6.18. The van der Waals surface area contributed by atoms with Crippen LogP contribution in [0.15, 0.2) is 0 Å². The van der Waals surface area contributed by atoms with Crippen LogP contribution in [0.25, 0.3) is 0 Å². The van der Waals surface area contributed by atoms with E-state index in [9.17, 15) is 0 Å². The molecule has 9 heavy (non-hydrogen) atoms. The minimum atomic E-state index is 0.139. The molecule has 3 heteroatoms. The fourth-order valence-electron chi connectivity index (χ4n) is 0.664. The second-order valence-corrected chi connectivity index (χ2v) is 1.81. The van der Waals surface area contributed by atoms with Crippen LogP contribution in [-0.4, -0.2) is 26.4 Å². The van der Waals surface area contributed by atoms with E-state index in [1.54, 1.807) is 0 Å². The molecule has 1 unspecified atom stereocenters. The Balaban J connectivity index is 3.18. The molecule has 0 heterocycles. The van der Waals surface area contributed by atoms with Crippen LogP contribution in [0.3, 0.4) is 0 Å². The maximum Gasteiger partial charge on any atom is 0.109 e. The number of rotatable bonds is 5. The van der Waals surface area contributed by atoms with Crippen LogP contribution < -0.4 is 11.1 Å². The Morgan fingerprint density at radius 1 is 1.67 bits per heavy atom. The van der Waals surface area contributed by atoms with Crippen LogP contribution >= 0.6 is 0 Å². The predicted octanol–water partition coefficient (Wildman–Crippen LogP) is -0.0828. The van der Waals surface area contributed by atoms with Gasteiger partial charge in [-0.3, -0.25) is 5.32 Å². The average molecular weight is 132 g/mol. The molecule has 0 aliphatic rings. The Bertz CT molecular complexity index is 53.0. The van der Waals surface area contributed by atoms with Crippen molar-refractivity contribution in [1.82, 2.24) is 5.32 Å². The summed E-state index contributed by atoms with van der Waals surface area (Å²) in [7, 11) is 1.87.